The summed E-state index contributed by atoms with van der Waals surface area (Å²) in [4.78, 5) is 11.3. The van der Waals surface area contributed by atoms with Gasteiger partial charge in [0.15, 0.2) is 0 Å². The Kier molecular flexibility index (Phi) is 3.46. The van der Waals surface area contributed by atoms with Crippen LogP contribution in [0.1, 0.15) is 17.3 Å². The lowest BCUT2D eigenvalue weighted by atomic mass is 10.1. The summed E-state index contributed by atoms with van der Waals surface area (Å²) in [5, 5.41) is 8.64. The topological polar surface area (TPSA) is 84.6 Å². The van der Waals surface area contributed by atoms with Gasteiger partial charge in [-0.1, -0.05) is 0 Å². The normalized spacial score (nSPS) is 9.80. The van der Waals surface area contributed by atoms with Crippen LogP contribution >= 0.6 is 0 Å². The maximum absolute atomic E-state index is 13.3. The summed E-state index contributed by atoms with van der Waals surface area (Å²) >= 11 is 0. The lowest BCUT2D eigenvalue weighted by Gasteiger charge is -2.09. The fourth-order valence-electron chi connectivity index (χ4n) is 1.10. The molecule has 4 N–H and O–H groups in total. The quantitative estimate of drug-likeness (QED) is 0.402. The van der Waals surface area contributed by atoms with Crippen molar-refractivity contribution in [3.05, 3.63) is 23.5 Å². The van der Waals surface area contributed by atoms with Crippen LogP contribution in [0.3, 0.4) is 0 Å². The van der Waals surface area contributed by atoms with Crippen molar-refractivity contribution in [3.63, 3.8) is 0 Å². The molecule has 0 saturated heterocycles. The smallest absolute Gasteiger partial charge is 0.343 e. The zero-order valence-corrected chi connectivity index (χ0v) is 8.08. The van der Waals surface area contributed by atoms with Crippen LogP contribution in [0.5, 0.6) is 0 Å². The van der Waals surface area contributed by atoms with Crippen molar-refractivity contribution in [2.75, 3.05) is 17.8 Å². The molecule has 1 rings (SSSR count). The Labute approximate surface area is 85.6 Å². The molecule has 0 aliphatic rings. The van der Waals surface area contributed by atoms with Gasteiger partial charge in [-0.3, -0.25) is 10.7 Å². The molecule has 0 aromatic heterocycles. The van der Waals surface area contributed by atoms with E-state index in [0.717, 1.165) is 6.07 Å². The van der Waals surface area contributed by atoms with Crippen molar-refractivity contribution in [2.24, 2.45) is 0 Å². The van der Waals surface area contributed by atoms with Gasteiger partial charge in [0.2, 0.25) is 0 Å². The second-order valence-corrected chi connectivity index (χ2v) is 2.72. The summed E-state index contributed by atoms with van der Waals surface area (Å²) < 4.78 is 17.9. The molecule has 6 heteroatoms. The lowest BCUT2D eigenvalue weighted by molar-refractivity contribution is 0.0522. The summed E-state index contributed by atoms with van der Waals surface area (Å²) in [5.41, 5.74) is 6.71. The van der Waals surface area contributed by atoms with Gasteiger partial charge in [-0.15, -0.1) is 0 Å². The van der Waals surface area contributed by atoms with Crippen LogP contribution in [0.15, 0.2) is 12.1 Å². The highest BCUT2D eigenvalue weighted by Gasteiger charge is 2.19. The fraction of sp³-hybridized carbons (Fsp3) is 0.222. The first-order valence-electron chi connectivity index (χ1n) is 4.27. The summed E-state index contributed by atoms with van der Waals surface area (Å²) in [7, 11) is 0. The lowest BCUT2D eigenvalue weighted by Crippen LogP contribution is -2.12. The van der Waals surface area contributed by atoms with Crippen molar-refractivity contribution in [2.45, 2.75) is 6.92 Å². The number of hydrogen-bond donors (Lipinski definition) is 3. The first kappa shape index (κ1) is 11.3. The maximum Gasteiger partial charge on any atom is 0.343 e. The van der Waals surface area contributed by atoms with E-state index in [2.05, 4.69) is 4.74 Å². The predicted octanol–water partition coefficient (Wildman–Crippen LogP) is 1.39. The van der Waals surface area contributed by atoms with Gasteiger partial charge in [-0.05, 0) is 19.1 Å². The molecule has 0 fully saturated rings. The first-order chi connectivity index (χ1) is 7.11. The standard InChI is InChI=1S/C9H11FN2O3/c1-2-15-9(13)7-5(10)3-4-6(12-14)8(7)11/h3-4,12,14H,2,11H2,1H3. The molecular weight excluding hydrogens is 203 g/mol. The largest absolute Gasteiger partial charge is 0.462 e. The number of anilines is 2. The Balaban J connectivity index is 3.20. The Morgan fingerprint density at radius 1 is 1.67 bits per heavy atom. The number of benzene rings is 1. The van der Waals surface area contributed by atoms with Gasteiger partial charge in [0.25, 0.3) is 0 Å². The molecule has 0 radical (unpaired) electrons. The second-order valence-electron chi connectivity index (χ2n) is 2.72. The molecule has 0 heterocycles. The Bertz CT molecular complexity index is 382. The van der Waals surface area contributed by atoms with Crippen LogP contribution in [0.2, 0.25) is 0 Å². The van der Waals surface area contributed by atoms with Crippen molar-refractivity contribution in [3.8, 4) is 0 Å². The summed E-state index contributed by atoms with van der Waals surface area (Å²) in [5.74, 6) is -1.64. The van der Waals surface area contributed by atoms with Crippen molar-refractivity contribution in [1.82, 2.24) is 0 Å². The number of nitrogen functional groups attached to an aromatic ring is 1. The minimum atomic E-state index is -0.857. The Hall–Kier alpha value is -1.82. The molecule has 1 aromatic rings. The van der Waals surface area contributed by atoms with E-state index in [0.29, 0.717) is 0 Å². The second kappa shape index (κ2) is 4.61. The number of nitrogens with one attached hydrogen (secondary N) is 1. The fourth-order valence-corrected chi connectivity index (χ4v) is 1.10. The van der Waals surface area contributed by atoms with Gasteiger partial charge in [-0.25, -0.2) is 9.18 Å². The molecule has 82 valence electrons. The molecule has 15 heavy (non-hydrogen) atoms. The molecule has 1 aromatic carbocycles. The Morgan fingerprint density at radius 3 is 2.87 bits per heavy atom. The third-order valence-electron chi connectivity index (χ3n) is 1.79. The van der Waals surface area contributed by atoms with Gasteiger partial charge in [0.05, 0.1) is 18.0 Å². The van der Waals surface area contributed by atoms with Crippen molar-refractivity contribution < 1.29 is 19.1 Å². The maximum atomic E-state index is 13.3. The number of carbonyl (C=O) groups excluding carboxylic acids is 1. The zero-order chi connectivity index (χ0) is 11.4. The molecule has 0 saturated carbocycles. The number of hydrogen-bond acceptors (Lipinski definition) is 5. The highest BCUT2D eigenvalue weighted by molar-refractivity contribution is 5.98. The van der Waals surface area contributed by atoms with Crippen molar-refractivity contribution in [1.29, 1.82) is 0 Å². The molecule has 5 nitrogen and oxygen atoms in total. The minimum absolute atomic E-state index is 0.0550. The van der Waals surface area contributed by atoms with Gasteiger partial charge in [-0.2, -0.15) is 0 Å². The Morgan fingerprint density at radius 2 is 2.33 bits per heavy atom. The van der Waals surface area contributed by atoms with Crippen molar-refractivity contribution >= 4 is 17.3 Å². The van der Waals surface area contributed by atoms with Gasteiger partial charge in [0.1, 0.15) is 11.4 Å². The van der Waals surface area contributed by atoms with Crippen LogP contribution in [0.4, 0.5) is 15.8 Å². The number of rotatable bonds is 3. The highest BCUT2D eigenvalue weighted by atomic mass is 19.1. The first-order valence-corrected chi connectivity index (χ1v) is 4.27. The van der Waals surface area contributed by atoms with Crippen LogP contribution in [0, 0.1) is 5.82 Å². The molecule has 0 atom stereocenters. The molecular formula is C9H11FN2O3. The number of esters is 1. The molecule has 0 aliphatic heterocycles. The number of halogens is 1. The van der Waals surface area contributed by atoms with Crippen LogP contribution in [-0.2, 0) is 4.74 Å². The number of carbonyl (C=O) groups is 1. The molecule has 0 aliphatic carbocycles. The summed E-state index contributed by atoms with van der Waals surface area (Å²) in [6.45, 7) is 1.72. The van der Waals surface area contributed by atoms with E-state index >= 15 is 0 Å². The number of ether oxygens (including phenoxy) is 1. The van der Waals surface area contributed by atoms with Gasteiger partial charge < -0.3 is 10.5 Å². The van der Waals surface area contributed by atoms with E-state index < -0.39 is 11.8 Å². The van der Waals surface area contributed by atoms with Gasteiger partial charge in [0, 0.05) is 0 Å². The monoisotopic (exact) mass is 214 g/mol. The van der Waals surface area contributed by atoms with E-state index in [4.69, 9.17) is 10.9 Å². The summed E-state index contributed by atoms with van der Waals surface area (Å²) in [6, 6.07) is 2.23. The average molecular weight is 214 g/mol. The molecule has 0 spiro atoms. The minimum Gasteiger partial charge on any atom is -0.462 e. The van der Waals surface area contributed by atoms with Gasteiger partial charge >= 0.3 is 5.97 Å². The SMILES string of the molecule is CCOC(=O)c1c(F)ccc(NO)c1N. The van der Waals surface area contributed by atoms with E-state index in [1.165, 1.54) is 6.07 Å². The average Bonchev–Trinajstić information content (AvgIpc) is 2.18. The van der Waals surface area contributed by atoms with Crippen LogP contribution in [-0.4, -0.2) is 17.8 Å². The molecule has 0 bridgehead atoms. The molecule has 0 unspecified atom stereocenters. The predicted molar refractivity (Wildman–Crippen MR) is 52.2 cm³/mol. The van der Waals surface area contributed by atoms with E-state index in [9.17, 15) is 9.18 Å². The highest BCUT2D eigenvalue weighted by Crippen LogP contribution is 2.25. The van der Waals surface area contributed by atoms with E-state index in [1.54, 1.807) is 12.4 Å². The third-order valence-corrected chi connectivity index (χ3v) is 1.79. The number of nitrogens with two attached hydrogens (primary N) is 1. The zero-order valence-electron chi connectivity index (χ0n) is 8.08. The van der Waals surface area contributed by atoms with Crippen LogP contribution < -0.4 is 11.2 Å². The van der Waals surface area contributed by atoms with Crippen LogP contribution in [0.25, 0.3) is 0 Å². The third kappa shape index (κ3) is 2.16. The summed E-state index contributed by atoms with van der Waals surface area (Å²) in [6.07, 6.45) is 0. The van der Waals surface area contributed by atoms with E-state index in [-0.39, 0.29) is 23.5 Å². The molecule has 0 amide bonds. The van der Waals surface area contributed by atoms with E-state index in [1.807, 2.05) is 0 Å².